The summed E-state index contributed by atoms with van der Waals surface area (Å²) in [4.78, 5) is 23.6. The number of methoxy groups -OCH3 is 1. The summed E-state index contributed by atoms with van der Waals surface area (Å²) >= 11 is 0.772. The van der Waals surface area contributed by atoms with E-state index in [4.69, 9.17) is 9.47 Å². The highest BCUT2D eigenvalue weighted by atomic mass is 32.1. The third-order valence-corrected chi connectivity index (χ3v) is 4.66. The minimum Gasteiger partial charge on any atom is -0.497 e. The Balaban J connectivity index is 1.96. The van der Waals surface area contributed by atoms with Gasteiger partial charge in [-0.05, 0) is 36.6 Å². The fourth-order valence-corrected chi connectivity index (χ4v) is 3.12. The monoisotopic (exact) mass is 440 g/mol. The summed E-state index contributed by atoms with van der Waals surface area (Å²) in [6.07, 6.45) is 0.724. The van der Waals surface area contributed by atoms with Crippen molar-refractivity contribution in [3.05, 3.63) is 35.1 Å². The molecule has 0 aliphatic heterocycles. The van der Waals surface area contributed by atoms with Crippen molar-refractivity contribution in [2.24, 2.45) is 0 Å². The molecular formula is C19H25FN4O5S. The quantitative estimate of drug-likeness (QED) is 0.396. The van der Waals surface area contributed by atoms with Crippen LogP contribution in [0.5, 0.6) is 11.6 Å². The molecule has 4 N–H and O–H groups in total. The fraction of sp³-hybridized carbons (Fsp3) is 0.421. The standard InChI is InChI=1S/C19H25FN4O5S/c1-11(2)21-7-4-8-22-19(27)23-17-15(18(25)26)16(24-30-17)29-10-12-5-6-13(28-3)9-14(12)20/h5-6,9,11,21H,4,7-8,10H2,1-3H3,(H,25,26)(H2,22,23,27). The van der Waals surface area contributed by atoms with Gasteiger partial charge in [-0.15, -0.1) is 0 Å². The Labute approximate surface area is 177 Å². The van der Waals surface area contributed by atoms with Crippen molar-refractivity contribution in [3.63, 3.8) is 0 Å². The molecule has 0 radical (unpaired) electrons. The van der Waals surface area contributed by atoms with E-state index in [1.165, 1.54) is 19.2 Å². The minimum absolute atomic E-state index is 0.0329. The van der Waals surface area contributed by atoms with E-state index >= 15 is 0 Å². The van der Waals surface area contributed by atoms with E-state index < -0.39 is 17.8 Å². The van der Waals surface area contributed by atoms with Crippen molar-refractivity contribution in [3.8, 4) is 11.6 Å². The molecule has 1 aromatic heterocycles. The molecule has 164 valence electrons. The minimum atomic E-state index is -1.31. The first kappa shape index (κ1) is 23.4. The van der Waals surface area contributed by atoms with Gasteiger partial charge in [0, 0.05) is 24.2 Å². The van der Waals surface area contributed by atoms with Gasteiger partial charge in [0.25, 0.3) is 0 Å². The molecule has 30 heavy (non-hydrogen) atoms. The van der Waals surface area contributed by atoms with Gasteiger partial charge in [-0.1, -0.05) is 13.8 Å². The zero-order valence-corrected chi connectivity index (χ0v) is 17.8. The molecule has 2 amide bonds. The molecule has 0 saturated carbocycles. The number of hydrogen-bond donors (Lipinski definition) is 4. The molecule has 0 bridgehead atoms. The van der Waals surface area contributed by atoms with Gasteiger partial charge in [-0.3, -0.25) is 5.32 Å². The lowest BCUT2D eigenvalue weighted by molar-refractivity contribution is 0.0693. The average Bonchev–Trinajstić information content (AvgIpc) is 3.09. The first-order valence-electron chi connectivity index (χ1n) is 9.28. The molecule has 0 spiro atoms. The van der Waals surface area contributed by atoms with E-state index in [9.17, 15) is 19.1 Å². The zero-order chi connectivity index (χ0) is 22.1. The number of nitrogens with one attached hydrogen (secondary N) is 3. The highest BCUT2D eigenvalue weighted by Crippen LogP contribution is 2.31. The number of urea groups is 1. The van der Waals surface area contributed by atoms with E-state index in [-0.39, 0.29) is 28.6 Å². The van der Waals surface area contributed by atoms with Crippen LogP contribution in [0.15, 0.2) is 18.2 Å². The first-order valence-corrected chi connectivity index (χ1v) is 10.1. The summed E-state index contributed by atoms with van der Waals surface area (Å²) < 4.78 is 28.3. The van der Waals surface area contributed by atoms with Crippen molar-refractivity contribution >= 4 is 28.5 Å². The van der Waals surface area contributed by atoms with Crippen LogP contribution in [-0.2, 0) is 6.61 Å². The van der Waals surface area contributed by atoms with Crippen molar-refractivity contribution < 1.29 is 28.6 Å². The van der Waals surface area contributed by atoms with Gasteiger partial charge in [0.15, 0.2) is 5.56 Å². The topological polar surface area (TPSA) is 122 Å². The normalized spacial score (nSPS) is 10.7. The summed E-state index contributed by atoms with van der Waals surface area (Å²) in [5.41, 5.74) is -0.0760. The lowest BCUT2D eigenvalue weighted by Crippen LogP contribution is -2.32. The number of carbonyl (C=O) groups is 2. The molecule has 9 nitrogen and oxygen atoms in total. The van der Waals surface area contributed by atoms with Gasteiger partial charge in [0.2, 0.25) is 5.88 Å². The molecule has 1 aromatic carbocycles. The van der Waals surface area contributed by atoms with E-state index in [1.54, 1.807) is 6.07 Å². The Morgan fingerprint density at radius 3 is 2.70 bits per heavy atom. The van der Waals surface area contributed by atoms with Crippen LogP contribution in [0.2, 0.25) is 0 Å². The van der Waals surface area contributed by atoms with Crippen molar-refractivity contribution in [1.29, 1.82) is 0 Å². The largest absolute Gasteiger partial charge is 0.497 e. The number of halogens is 1. The van der Waals surface area contributed by atoms with Crippen molar-refractivity contribution in [2.45, 2.75) is 32.9 Å². The summed E-state index contributed by atoms with van der Waals surface area (Å²) in [5.74, 6) is -1.70. The number of benzene rings is 1. The molecule has 0 unspecified atom stereocenters. The van der Waals surface area contributed by atoms with Crippen LogP contribution < -0.4 is 25.4 Å². The highest BCUT2D eigenvalue weighted by molar-refractivity contribution is 7.11. The lowest BCUT2D eigenvalue weighted by Gasteiger charge is -2.09. The van der Waals surface area contributed by atoms with Crippen LogP contribution in [0, 0.1) is 5.82 Å². The van der Waals surface area contributed by atoms with Gasteiger partial charge >= 0.3 is 12.0 Å². The number of carboxylic acid groups (broad SMARTS) is 1. The third kappa shape index (κ3) is 6.85. The molecule has 0 atom stereocenters. The molecule has 2 aromatic rings. The second kappa shape index (κ2) is 11.3. The summed E-state index contributed by atoms with van der Waals surface area (Å²) in [6.45, 7) is 5.00. The van der Waals surface area contributed by atoms with Gasteiger partial charge in [0.1, 0.15) is 23.2 Å². The van der Waals surface area contributed by atoms with Crippen LogP contribution in [0.4, 0.5) is 14.2 Å². The fourth-order valence-electron chi connectivity index (χ4n) is 2.39. The number of rotatable bonds is 11. The predicted octanol–water partition coefficient (Wildman–Crippen LogP) is 3.08. The molecule has 1 heterocycles. The maximum atomic E-state index is 14.0. The maximum absolute atomic E-state index is 14.0. The highest BCUT2D eigenvalue weighted by Gasteiger charge is 2.23. The lowest BCUT2D eigenvalue weighted by atomic mass is 10.2. The number of anilines is 1. The van der Waals surface area contributed by atoms with Crippen LogP contribution in [0.3, 0.4) is 0 Å². The van der Waals surface area contributed by atoms with Crippen molar-refractivity contribution in [1.82, 2.24) is 15.0 Å². The second-order valence-electron chi connectivity index (χ2n) is 6.59. The predicted molar refractivity (Wildman–Crippen MR) is 111 cm³/mol. The number of nitrogens with zero attached hydrogens (tertiary/aromatic N) is 1. The Bertz CT molecular complexity index is 875. The number of aromatic carboxylic acids is 1. The maximum Gasteiger partial charge on any atom is 0.344 e. The summed E-state index contributed by atoms with van der Waals surface area (Å²) in [5, 5.41) is 17.9. The molecule has 0 fully saturated rings. The van der Waals surface area contributed by atoms with E-state index in [1.807, 2.05) is 13.8 Å². The Morgan fingerprint density at radius 1 is 1.30 bits per heavy atom. The Kier molecular flexibility index (Phi) is 8.81. The molecular weight excluding hydrogens is 415 g/mol. The van der Waals surface area contributed by atoms with Crippen LogP contribution in [-0.4, -0.2) is 47.7 Å². The molecule has 0 aliphatic rings. The number of carboxylic acids is 1. The molecule has 11 heteroatoms. The Hall–Kier alpha value is -2.92. The van der Waals surface area contributed by atoms with Crippen LogP contribution in [0.25, 0.3) is 0 Å². The average molecular weight is 440 g/mol. The first-order chi connectivity index (χ1) is 14.3. The van der Waals surface area contributed by atoms with Gasteiger partial charge in [0.05, 0.1) is 7.11 Å². The molecule has 2 rings (SSSR count). The Morgan fingerprint density at radius 2 is 2.07 bits per heavy atom. The number of ether oxygens (including phenoxy) is 2. The smallest absolute Gasteiger partial charge is 0.344 e. The third-order valence-electron chi connectivity index (χ3n) is 3.92. The number of carbonyl (C=O) groups excluding carboxylic acids is 1. The van der Waals surface area contributed by atoms with Gasteiger partial charge in [-0.25, -0.2) is 14.0 Å². The van der Waals surface area contributed by atoms with Crippen LogP contribution >= 0.6 is 11.5 Å². The summed E-state index contributed by atoms with van der Waals surface area (Å²) in [6, 6.07) is 4.06. The van der Waals surface area contributed by atoms with E-state index in [0.717, 1.165) is 24.5 Å². The zero-order valence-electron chi connectivity index (χ0n) is 17.0. The molecule has 0 saturated heterocycles. The number of hydrogen-bond acceptors (Lipinski definition) is 7. The van der Waals surface area contributed by atoms with E-state index in [0.29, 0.717) is 18.3 Å². The number of amides is 2. The van der Waals surface area contributed by atoms with Gasteiger partial charge < -0.3 is 25.2 Å². The number of aromatic nitrogens is 1. The SMILES string of the molecule is COc1ccc(COc2nsc(NC(=O)NCCCNC(C)C)c2C(=O)O)c(F)c1. The van der Waals surface area contributed by atoms with E-state index in [2.05, 4.69) is 20.3 Å². The van der Waals surface area contributed by atoms with Gasteiger partial charge in [-0.2, -0.15) is 4.37 Å². The molecule has 0 aliphatic carbocycles. The second-order valence-corrected chi connectivity index (χ2v) is 7.36. The van der Waals surface area contributed by atoms with Crippen LogP contribution in [0.1, 0.15) is 36.2 Å². The summed E-state index contributed by atoms with van der Waals surface area (Å²) in [7, 11) is 1.42. The van der Waals surface area contributed by atoms with Crippen molar-refractivity contribution in [2.75, 3.05) is 25.5 Å².